The van der Waals surface area contributed by atoms with Crippen LogP contribution in [-0.4, -0.2) is 32.0 Å². The second-order valence-corrected chi connectivity index (χ2v) is 6.69. The van der Waals surface area contributed by atoms with Crippen LogP contribution in [0.2, 0.25) is 5.02 Å². The van der Waals surface area contributed by atoms with Crippen molar-refractivity contribution in [1.82, 2.24) is 15.1 Å². The van der Waals surface area contributed by atoms with Gasteiger partial charge in [0.05, 0.1) is 22.1 Å². The predicted octanol–water partition coefficient (Wildman–Crippen LogP) is 4.35. The largest absolute Gasteiger partial charge is 0.419 e. The Morgan fingerprint density at radius 3 is 2.54 bits per heavy atom. The lowest BCUT2D eigenvalue weighted by atomic mass is 10.1. The Labute approximate surface area is 165 Å². The van der Waals surface area contributed by atoms with Crippen LogP contribution in [-0.2, 0) is 6.54 Å². The fourth-order valence-corrected chi connectivity index (χ4v) is 2.88. The monoisotopic (exact) mass is 400 g/mol. The lowest BCUT2D eigenvalue weighted by Gasteiger charge is -2.25. The fraction of sp³-hybridized carbons (Fsp3) is 0.211. The molecular weight excluding hydrogens is 384 g/mol. The van der Waals surface area contributed by atoms with Crippen molar-refractivity contribution in [3.8, 4) is 11.5 Å². The van der Waals surface area contributed by atoms with Crippen molar-refractivity contribution in [3.05, 3.63) is 75.1 Å². The van der Waals surface area contributed by atoms with Gasteiger partial charge >= 0.3 is 0 Å². The molecule has 1 heterocycles. The molecule has 0 spiro atoms. The summed E-state index contributed by atoms with van der Waals surface area (Å²) >= 11 is 6.15. The van der Waals surface area contributed by atoms with Crippen molar-refractivity contribution in [2.45, 2.75) is 26.4 Å². The van der Waals surface area contributed by atoms with Crippen LogP contribution < -0.4 is 0 Å². The number of hydrogen-bond acceptors (Lipinski definition) is 6. The number of nitro benzene ring substituents is 1. The van der Waals surface area contributed by atoms with E-state index in [1.54, 1.807) is 44.2 Å². The lowest BCUT2D eigenvalue weighted by molar-refractivity contribution is -0.385. The molecule has 28 heavy (non-hydrogen) atoms. The predicted molar refractivity (Wildman–Crippen MR) is 103 cm³/mol. The molecule has 144 valence electrons. The van der Waals surface area contributed by atoms with E-state index in [1.165, 1.54) is 23.1 Å². The zero-order valence-electron chi connectivity index (χ0n) is 15.2. The molecule has 0 N–H and O–H groups in total. The molecule has 3 rings (SSSR count). The third kappa shape index (κ3) is 4.01. The third-order valence-electron chi connectivity index (χ3n) is 4.09. The van der Waals surface area contributed by atoms with Crippen LogP contribution in [0.3, 0.4) is 0 Å². The average Bonchev–Trinajstić information content (AvgIpc) is 3.14. The van der Waals surface area contributed by atoms with E-state index in [1.807, 2.05) is 0 Å². The van der Waals surface area contributed by atoms with Gasteiger partial charge in [0.25, 0.3) is 11.6 Å². The second kappa shape index (κ2) is 8.18. The molecule has 0 radical (unpaired) electrons. The zero-order chi connectivity index (χ0) is 20.3. The van der Waals surface area contributed by atoms with Crippen LogP contribution in [0.25, 0.3) is 11.5 Å². The van der Waals surface area contributed by atoms with Crippen molar-refractivity contribution < 1.29 is 14.1 Å². The molecule has 0 saturated heterocycles. The molecule has 0 atom stereocenters. The summed E-state index contributed by atoms with van der Waals surface area (Å²) in [6.07, 6.45) is 0. The molecule has 0 unspecified atom stereocenters. The highest BCUT2D eigenvalue weighted by Gasteiger charge is 2.27. The van der Waals surface area contributed by atoms with Gasteiger partial charge in [-0.1, -0.05) is 35.9 Å². The van der Waals surface area contributed by atoms with Gasteiger partial charge < -0.3 is 9.32 Å². The van der Waals surface area contributed by atoms with E-state index >= 15 is 0 Å². The van der Waals surface area contributed by atoms with Gasteiger partial charge in [-0.05, 0) is 32.0 Å². The first-order valence-electron chi connectivity index (χ1n) is 8.50. The average molecular weight is 401 g/mol. The van der Waals surface area contributed by atoms with E-state index in [-0.39, 0.29) is 35.6 Å². The van der Waals surface area contributed by atoms with Gasteiger partial charge in [0, 0.05) is 12.1 Å². The molecular formula is C19H17ClN4O4. The Morgan fingerprint density at radius 1 is 1.18 bits per heavy atom. The second-order valence-electron chi connectivity index (χ2n) is 6.28. The van der Waals surface area contributed by atoms with E-state index in [0.717, 1.165) is 0 Å². The third-order valence-corrected chi connectivity index (χ3v) is 4.42. The van der Waals surface area contributed by atoms with Crippen LogP contribution in [0.1, 0.15) is 30.1 Å². The summed E-state index contributed by atoms with van der Waals surface area (Å²) < 4.78 is 5.66. The fourth-order valence-electron chi connectivity index (χ4n) is 2.66. The standard InChI is InChI=1S/C19H17ClN4O4/c1-12(2)23(19(25)14-8-4-6-10-16(14)24(26)27)11-17-21-22-18(28-17)13-7-3-5-9-15(13)20/h3-10,12H,11H2,1-2H3. The summed E-state index contributed by atoms with van der Waals surface area (Å²) in [5.41, 5.74) is 0.344. The van der Waals surface area contributed by atoms with E-state index in [2.05, 4.69) is 10.2 Å². The quantitative estimate of drug-likeness (QED) is 0.450. The molecule has 0 aliphatic rings. The zero-order valence-corrected chi connectivity index (χ0v) is 16.0. The molecule has 9 heteroatoms. The number of rotatable bonds is 6. The van der Waals surface area contributed by atoms with Gasteiger partial charge in [-0.15, -0.1) is 10.2 Å². The normalized spacial score (nSPS) is 10.9. The number of para-hydroxylation sites is 1. The van der Waals surface area contributed by atoms with Gasteiger partial charge in [0.15, 0.2) is 0 Å². The van der Waals surface area contributed by atoms with E-state index in [9.17, 15) is 14.9 Å². The summed E-state index contributed by atoms with van der Waals surface area (Å²) in [6.45, 7) is 3.62. The number of nitrogens with zero attached hydrogens (tertiary/aromatic N) is 4. The number of nitro groups is 1. The molecule has 0 aliphatic heterocycles. The molecule has 1 amide bonds. The summed E-state index contributed by atoms with van der Waals surface area (Å²) in [4.78, 5) is 25.1. The first kappa shape index (κ1) is 19.5. The van der Waals surface area contributed by atoms with Crippen LogP contribution in [0.5, 0.6) is 0 Å². The van der Waals surface area contributed by atoms with E-state index in [0.29, 0.717) is 10.6 Å². The molecule has 0 fully saturated rings. The molecule has 0 saturated carbocycles. The number of benzene rings is 2. The molecule has 0 bridgehead atoms. The van der Waals surface area contributed by atoms with Crippen molar-refractivity contribution in [3.63, 3.8) is 0 Å². The van der Waals surface area contributed by atoms with Crippen LogP contribution in [0.15, 0.2) is 52.9 Å². The Bertz CT molecular complexity index is 1020. The molecule has 1 aromatic heterocycles. The maximum atomic E-state index is 13.0. The molecule has 0 aliphatic carbocycles. The maximum Gasteiger partial charge on any atom is 0.282 e. The highest BCUT2D eigenvalue weighted by molar-refractivity contribution is 6.33. The van der Waals surface area contributed by atoms with Crippen molar-refractivity contribution in [1.29, 1.82) is 0 Å². The highest BCUT2D eigenvalue weighted by Crippen LogP contribution is 2.27. The van der Waals surface area contributed by atoms with E-state index in [4.69, 9.17) is 16.0 Å². The van der Waals surface area contributed by atoms with Gasteiger partial charge in [0.2, 0.25) is 11.8 Å². The van der Waals surface area contributed by atoms with Gasteiger partial charge in [0.1, 0.15) is 5.56 Å². The Hall–Kier alpha value is -3.26. The molecule has 3 aromatic rings. The summed E-state index contributed by atoms with van der Waals surface area (Å²) in [5, 5.41) is 19.7. The first-order chi connectivity index (χ1) is 13.4. The lowest BCUT2D eigenvalue weighted by Crippen LogP contribution is -2.36. The number of carbonyl (C=O) groups excluding carboxylic acids is 1. The molecule has 2 aromatic carbocycles. The van der Waals surface area contributed by atoms with Crippen molar-refractivity contribution in [2.24, 2.45) is 0 Å². The van der Waals surface area contributed by atoms with Crippen molar-refractivity contribution >= 4 is 23.2 Å². The minimum atomic E-state index is -0.575. The van der Waals surface area contributed by atoms with Crippen LogP contribution in [0.4, 0.5) is 5.69 Å². The van der Waals surface area contributed by atoms with E-state index < -0.39 is 10.8 Å². The maximum absolute atomic E-state index is 13.0. The first-order valence-corrected chi connectivity index (χ1v) is 8.88. The summed E-state index contributed by atoms with van der Waals surface area (Å²) in [5.74, 6) is -0.0437. The van der Waals surface area contributed by atoms with Crippen LogP contribution in [0, 0.1) is 10.1 Å². The topological polar surface area (TPSA) is 102 Å². The number of halogens is 1. The number of hydrogen-bond donors (Lipinski definition) is 0. The SMILES string of the molecule is CC(C)N(Cc1nnc(-c2ccccc2Cl)o1)C(=O)c1ccccc1[N+](=O)[O-]. The van der Waals surface area contributed by atoms with Gasteiger partial charge in [-0.3, -0.25) is 14.9 Å². The number of amides is 1. The Kier molecular flexibility index (Phi) is 5.70. The molecule has 8 nitrogen and oxygen atoms in total. The Morgan fingerprint density at radius 2 is 1.86 bits per heavy atom. The van der Waals surface area contributed by atoms with Crippen molar-refractivity contribution in [2.75, 3.05) is 0 Å². The number of aromatic nitrogens is 2. The van der Waals surface area contributed by atoms with Crippen LogP contribution >= 0.6 is 11.6 Å². The summed E-state index contributed by atoms with van der Waals surface area (Å²) in [7, 11) is 0. The summed E-state index contributed by atoms with van der Waals surface area (Å²) in [6, 6.07) is 12.6. The number of carbonyl (C=O) groups is 1. The Balaban J connectivity index is 1.88. The minimum absolute atomic E-state index is 0.00652. The minimum Gasteiger partial charge on any atom is -0.419 e. The van der Waals surface area contributed by atoms with Gasteiger partial charge in [-0.2, -0.15) is 0 Å². The smallest absolute Gasteiger partial charge is 0.282 e. The highest BCUT2D eigenvalue weighted by atomic mass is 35.5. The van der Waals surface area contributed by atoms with Gasteiger partial charge in [-0.25, -0.2) is 0 Å².